The van der Waals surface area contributed by atoms with Crippen LogP contribution in [0.2, 0.25) is 0 Å². The molecule has 3 rings (SSSR count). The van der Waals surface area contributed by atoms with Crippen molar-refractivity contribution in [3.05, 3.63) is 53.6 Å². The van der Waals surface area contributed by atoms with Crippen LogP contribution in [0, 0.1) is 0 Å². The predicted octanol–water partition coefficient (Wildman–Crippen LogP) is 4.28. The van der Waals surface area contributed by atoms with Crippen molar-refractivity contribution in [2.75, 3.05) is 17.3 Å². The van der Waals surface area contributed by atoms with Crippen molar-refractivity contribution in [3.63, 3.8) is 0 Å². The van der Waals surface area contributed by atoms with Crippen molar-refractivity contribution in [2.45, 2.75) is 44.2 Å². The fourth-order valence-electron chi connectivity index (χ4n) is 3.42. The SMILES string of the molecule is COc1ccc(C(C)=O)cc1CS[C@H](C)C(=O)N1c2ccccc2NC(=O)C1(C)C. The summed E-state index contributed by atoms with van der Waals surface area (Å²) in [4.78, 5) is 39.3. The highest BCUT2D eigenvalue weighted by Gasteiger charge is 2.44. The smallest absolute Gasteiger partial charge is 0.250 e. The molecule has 0 bridgehead atoms. The van der Waals surface area contributed by atoms with E-state index in [0.29, 0.717) is 28.4 Å². The third-order valence-electron chi connectivity index (χ3n) is 5.25. The lowest BCUT2D eigenvalue weighted by Gasteiger charge is -2.43. The van der Waals surface area contributed by atoms with Gasteiger partial charge in [-0.3, -0.25) is 19.3 Å². The van der Waals surface area contributed by atoms with Gasteiger partial charge in [0.2, 0.25) is 11.8 Å². The molecule has 0 aromatic heterocycles. The van der Waals surface area contributed by atoms with Crippen LogP contribution in [0.1, 0.15) is 43.6 Å². The molecule has 1 N–H and O–H groups in total. The Balaban J connectivity index is 1.84. The van der Waals surface area contributed by atoms with Crippen LogP contribution in [0.5, 0.6) is 5.75 Å². The first-order valence-electron chi connectivity index (χ1n) is 9.70. The van der Waals surface area contributed by atoms with E-state index in [1.807, 2.05) is 25.1 Å². The van der Waals surface area contributed by atoms with Crippen LogP contribution in [-0.2, 0) is 15.3 Å². The van der Waals surface area contributed by atoms with Gasteiger partial charge in [0.05, 0.1) is 23.7 Å². The van der Waals surface area contributed by atoms with E-state index in [4.69, 9.17) is 4.74 Å². The number of methoxy groups -OCH3 is 1. The lowest BCUT2D eigenvalue weighted by atomic mass is 9.96. The number of nitrogens with zero attached hydrogens (tertiary/aromatic N) is 1. The predicted molar refractivity (Wildman–Crippen MR) is 120 cm³/mol. The van der Waals surface area contributed by atoms with E-state index in [9.17, 15) is 14.4 Å². The van der Waals surface area contributed by atoms with E-state index in [-0.39, 0.29) is 17.6 Å². The standard InChI is InChI=1S/C23H26N2O4S/c1-14(26)16-10-11-20(29-5)17(12-16)13-30-15(2)21(27)25-19-9-7-6-8-18(19)24-22(28)23(25,3)4/h6-12,15H,13H2,1-5H3,(H,24,28)/t15-/m1/s1. The summed E-state index contributed by atoms with van der Waals surface area (Å²) >= 11 is 1.44. The van der Waals surface area contributed by atoms with Gasteiger partial charge >= 0.3 is 0 Å². The minimum Gasteiger partial charge on any atom is -0.496 e. The van der Waals surface area contributed by atoms with Gasteiger partial charge in [0, 0.05) is 16.9 Å². The summed E-state index contributed by atoms with van der Waals surface area (Å²) in [6.07, 6.45) is 0. The first-order valence-corrected chi connectivity index (χ1v) is 10.8. The van der Waals surface area contributed by atoms with Crippen molar-refractivity contribution >= 4 is 40.7 Å². The summed E-state index contributed by atoms with van der Waals surface area (Å²) in [5, 5.41) is 2.47. The fraction of sp³-hybridized carbons (Fsp3) is 0.348. The van der Waals surface area contributed by atoms with Crippen molar-refractivity contribution in [1.82, 2.24) is 0 Å². The molecule has 0 spiro atoms. The molecule has 158 valence electrons. The largest absolute Gasteiger partial charge is 0.496 e. The fourth-order valence-corrected chi connectivity index (χ4v) is 4.33. The monoisotopic (exact) mass is 426 g/mol. The number of ether oxygens (including phenoxy) is 1. The number of nitrogens with one attached hydrogen (secondary N) is 1. The lowest BCUT2D eigenvalue weighted by Crippen LogP contribution is -2.60. The van der Waals surface area contributed by atoms with Crippen LogP contribution in [-0.4, -0.2) is 35.5 Å². The third kappa shape index (κ3) is 4.07. The van der Waals surface area contributed by atoms with Crippen molar-refractivity contribution < 1.29 is 19.1 Å². The first-order chi connectivity index (χ1) is 14.2. The molecule has 0 unspecified atom stereocenters. The van der Waals surface area contributed by atoms with E-state index >= 15 is 0 Å². The number of fused-ring (bicyclic) bond motifs is 1. The molecule has 2 aromatic rings. The lowest BCUT2D eigenvalue weighted by molar-refractivity contribution is -0.126. The van der Waals surface area contributed by atoms with Gasteiger partial charge in [0.25, 0.3) is 0 Å². The Kier molecular flexibility index (Phi) is 6.22. The zero-order chi connectivity index (χ0) is 22.1. The molecule has 7 heteroatoms. The van der Waals surface area contributed by atoms with E-state index in [1.165, 1.54) is 18.7 Å². The summed E-state index contributed by atoms with van der Waals surface area (Å²) in [5.74, 6) is 0.789. The molecule has 1 aliphatic rings. The van der Waals surface area contributed by atoms with Crippen LogP contribution >= 0.6 is 11.8 Å². The Hall–Kier alpha value is -2.80. The molecule has 0 saturated heterocycles. The van der Waals surface area contributed by atoms with Crippen LogP contribution < -0.4 is 15.0 Å². The number of anilines is 2. The molecule has 1 heterocycles. The highest BCUT2D eigenvalue weighted by atomic mass is 32.2. The Morgan fingerprint density at radius 1 is 1.20 bits per heavy atom. The van der Waals surface area contributed by atoms with Gasteiger partial charge in [-0.15, -0.1) is 11.8 Å². The van der Waals surface area contributed by atoms with Crippen molar-refractivity contribution in [2.24, 2.45) is 0 Å². The van der Waals surface area contributed by atoms with E-state index in [2.05, 4.69) is 5.32 Å². The first kappa shape index (κ1) is 21.9. The van der Waals surface area contributed by atoms with Crippen molar-refractivity contribution in [3.8, 4) is 5.75 Å². The number of hydrogen-bond donors (Lipinski definition) is 1. The van der Waals surface area contributed by atoms with Gasteiger partial charge in [0.15, 0.2) is 5.78 Å². The average Bonchev–Trinajstić information content (AvgIpc) is 2.72. The van der Waals surface area contributed by atoms with Crippen LogP contribution in [0.4, 0.5) is 11.4 Å². The number of rotatable bonds is 6. The molecular weight excluding hydrogens is 400 g/mol. The van der Waals surface area contributed by atoms with Crippen LogP contribution in [0.25, 0.3) is 0 Å². The number of amides is 2. The maximum absolute atomic E-state index is 13.4. The summed E-state index contributed by atoms with van der Waals surface area (Å²) in [7, 11) is 1.58. The molecule has 0 saturated carbocycles. The van der Waals surface area contributed by atoms with Gasteiger partial charge in [-0.1, -0.05) is 12.1 Å². The number of carbonyl (C=O) groups excluding carboxylic acids is 3. The van der Waals surface area contributed by atoms with E-state index < -0.39 is 10.8 Å². The summed E-state index contributed by atoms with van der Waals surface area (Å²) < 4.78 is 5.41. The zero-order valence-corrected chi connectivity index (χ0v) is 18.6. The molecule has 1 aliphatic heterocycles. The second-order valence-electron chi connectivity index (χ2n) is 7.74. The molecule has 2 amide bonds. The summed E-state index contributed by atoms with van der Waals surface area (Å²) in [6.45, 7) is 6.84. The number of carbonyl (C=O) groups is 3. The Labute approximate surface area is 181 Å². The molecule has 0 fully saturated rings. The molecule has 30 heavy (non-hydrogen) atoms. The number of thioether (sulfide) groups is 1. The quantitative estimate of drug-likeness (QED) is 0.698. The van der Waals surface area contributed by atoms with Crippen LogP contribution in [0.3, 0.4) is 0 Å². The molecule has 0 aliphatic carbocycles. The molecule has 2 aromatic carbocycles. The number of hydrogen-bond acceptors (Lipinski definition) is 5. The van der Waals surface area contributed by atoms with E-state index in [1.54, 1.807) is 50.1 Å². The van der Waals surface area contributed by atoms with Gasteiger partial charge in [-0.25, -0.2) is 0 Å². The molecular formula is C23H26N2O4S. The normalized spacial score (nSPS) is 15.8. The molecule has 6 nitrogen and oxygen atoms in total. The highest BCUT2D eigenvalue weighted by Crippen LogP contribution is 2.38. The summed E-state index contributed by atoms with van der Waals surface area (Å²) in [5.41, 5.74) is 1.77. The second kappa shape index (κ2) is 8.52. The minimum atomic E-state index is -1.01. The Bertz CT molecular complexity index is 1000. The Morgan fingerprint density at radius 2 is 1.90 bits per heavy atom. The Morgan fingerprint density at radius 3 is 2.57 bits per heavy atom. The highest BCUT2D eigenvalue weighted by molar-refractivity contribution is 7.99. The van der Waals surface area contributed by atoms with Gasteiger partial charge < -0.3 is 10.1 Å². The van der Waals surface area contributed by atoms with Crippen LogP contribution in [0.15, 0.2) is 42.5 Å². The number of Topliss-reactive ketones (excluding diaryl/α,β-unsaturated/α-hetero) is 1. The third-order valence-corrected chi connectivity index (χ3v) is 6.43. The molecule has 1 atom stereocenters. The van der Waals surface area contributed by atoms with Gasteiger partial charge in [-0.05, 0) is 58.0 Å². The van der Waals surface area contributed by atoms with E-state index in [0.717, 1.165) is 5.56 Å². The average molecular weight is 427 g/mol. The second-order valence-corrected chi connectivity index (χ2v) is 9.07. The minimum absolute atomic E-state index is 0.0225. The maximum Gasteiger partial charge on any atom is 0.250 e. The topological polar surface area (TPSA) is 75.7 Å². The number of para-hydroxylation sites is 2. The number of ketones is 1. The maximum atomic E-state index is 13.4. The van der Waals surface area contributed by atoms with Crippen molar-refractivity contribution in [1.29, 1.82) is 0 Å². The van der Waals surface area contributed by atoms with Gasteiger partial charge in [0.1, 0.15) is 11.3 Å². The summed E-state index contributed by atoms with van der Waals surface area (Å²) in [6, 6.07) is 12.6. The zero-order valence-electron chi connectivity index (χ0n) is 17.8. The number of benzene rings is 2. The molecule has 0 radical (unpaired) electrons. The van der Waals surface area contributed by atoms with Gasteiger partial charge in [-0.2, -0.15) is 0 Å².